The van der Waals surface area contributed by atoms with Gasteiger partial charge in [0, 0.05) is 11.1 Å². The molecule has 2 aromatic rings. The topological polar surface area (TPSA) is 9.23 Å². The summed E-state index contributed by atoms with van der Waals surface area (Å²) in [5.74, 6) is 8.32. The predicted octanol–water partition coefficient (Wildman–Crippen LogP) is 8.55. The van der Waals surface area contributed by atoms with Crippen molar-refractivity contribution in [1.82, 2.24) is 0 Å². The van der Waals surface area contributed by atoms with Gasteiger partial charge in [0.15, 0.2) is 0 Å². The molecule has 4 heteroatoms. The molecule has 1 fully saturated rings. The maximum Gasteiger partial charge on any atom is 0.573 e. The van der Waals surface area contributed by atoms with Crippen LogP contribution in [0.4, 0.5) is 13.2 Å². The molecule has 2 aromatic carbocycles. The van der Waals surface area contributed by atoms with E-state index in [1.54, 1.807) is 0 Å². The van der Waals surface area contributed by atoms with Gasteiger partial charge in [-0.15, -0.1) is 13.2 Å². The minimum Gasteiger partial charge on any atom is -0.406 e. The Hall–Kier alpha value is -2.41. The van der Waals surface area contributed by atoms with E-state index in [0.717, 1.165) is 23.8 Å². The van der Waals surface area contributed by atoms with Crippen molar-refractivity contribution in [3.05, 3.63) is 65.2 Å². The highest BCUT2D eigenvalue weighted by Gasteiger charge is 2.31. The van der Waals surface area contributed by atoms with Crippen LogP contribution in [-0.2, 0) is 6.42 Å². The van der Waals surface area contributed by atoms with Crippen LogP contribution in [0.2, 0.25) is 0 Å². The Kier molecular flexibility index (Phi) is 9.30. The average Bonchev–Trinajstić information content (AvgIpc) is 2.79. The summed E-state index contributed by atoms with van der Waals surface area (Å²) < 4.78 is 40.6. The van der Waals surface area contributed by atoms with Gasteiger partial charge in [0.25, 0.3) is 0 Å². The predicted molar refractivity (Wildman–Crippen MR) is 128 cm³/mol. The zero-order chi connectivity index (χ0) is 23.7. The van der Waals surface area contributed by atoms with Gasteiger partial charge < -0.3 is 4.74 Å². The third-order valence-corrected chi connectivity index (χ3v) is 6.86. The van der Waals surface area contributed by atoms with E-state index in [4.69, 9.17) is 0 Å². The Morgan fingerprint density at radius 3 is 2.00 bits per heavy atom. The fourth-order valence-electron chi connectivity index (χ4n) is 4.88. The number of rotatable bonds is 8. The standard InChI is InChI=1S/C29H35F3O/c1-3-4-5-6-23-13-17-27(18-14-23)22(2)21-26-11-9-24(10-12-26)7-8-25-15-19-28(20-16-25)33-29(30,31)32/h9-12,15-16,19-20,22-23,27H,3-6,13-14,17-18,21H2,1-2H3. The average molecular weight is 457 g/mol. The lowest BCUT2D eigenvalue weighted by Crippen LogP contribution is -2.21. The Morgan fingerprint density at radius 1 is 0.879 bits per heavy atom. The number of unbranched alkanes of at least 4 members (excludes halogenated alkanes) is 2. The van der Waals surface area contributed by atoms with Crippen LogP contribution in [-0.4, -0.2) is 6.36 Å². The van der Waals surface area contributed by atoms with Crippen molar-refractivity contribution < 1.29 is 17.9 Å². The fourth-order valence-corrected chi connectivity index (χ4v) is 4.88. The summed E-state index contributed by atoms with van der Waals surface area (Å²) in [6.07, 6.45) is 7.46. The number of benzene rings is 2. The van der Waals surface area contributed by atoms with Crippen molar-refractivity contribution in [2.75, 3.05) is 0 Å². The van der Waals surface area contributed by atoms with Gasteiger partial charge in [0.2, 0.25) is 0 Å². The van der Waals surface area contributed by atoms with Crippen LogP contribution >= 0.6 is 0 Å². The van der Waals surface area contributed by atoms with Gasteiger partial charge in [0.1, 0.15) is 5.75 Å². The van der Waals surface area contributed by atoms with Gasteiger partial charge in [-0.05, 0) is 79.0 Å². The second-order valence-electron chi connectivity index (χ2n) is 9.48. The monoisotopic (exact) mass is 456 g/mol. The SMILES string of the molecule is CCCCCC1CCC(C(C)Cc2ccc(C#Cc3ccc(OC(F)(F)F)cc3)cc2)CC1. The molecule has 1 aliphatic carbocycles. The van der Waals surface area contributed by atoms with E-state index in [2.05, 4.69) is 42.6 Å². The van der Waals surface area contributed by atoms with Crippen molar-refractivity contribution in [1.29, 1.82) is 0 Å². The Balaban J connectivity index is 1.47. The molecular formula is C29H35F3O. The zero-order valence-electron chi connectivity index (χ0n) is 19.8. The largest absolute Gasteiger partial charge is 0.573 e. The fraction of sp³-hybridized carbons (Fsp3) is 0.517. The molecule has 33 heavy (non-hydrogen) atoms. The molecule has 0 saturated heterocycles. The van der Waals surface area contributed by atoms with Crippen LogP contribution in [0.5, 0.6) is 5.75 Å². The van der Waals surface area contributed by atoms with Crippen molar-refractivity contribution in [3.63, 3.8) is 0 Å². The summed E-state index contributed by atoms with van der Waals surface area (Å²) in [6, 6.07) is 14.0. The first kappa shape index (κ1) is 25.2. The van der Waals surface area contributed by atoms with E-state index in [-0.39, 0.29) is 5.75 Å². The van der Waals surface area contributed by atoms with Gasteiger partial charge in [-0.25, -0.2) is 0 Å². The van der Waals surface area contributed by atoms with Crippen molar-refractivity contribution in [3.8, 4) is 17.6 Å². The number of ether oxygens (including phenoxy) is 1. The van der Waals surface area contributed by atoms with Crippen LogP contribution in [0.1, 0.15) is 81.9 Å². The molecule has 178 valence electrons. The normalized spacial score (nSPS) is 19.4. The molecule has 1 aliphatic rings. The molecule has 0 amide bonds. The van der Waals surface area contributed by atoms with Gasteiger partial charge in [-0.2, -0.15) is 0 Å². The highest BCUT2D eigenvalue weighted by atomic mass is 19.4. The number of hydrogen-bond acceptors (Lipinski definition) is 1. The van der Waals surface area contributed by atoms with E-state index < -0.39 is 6.36 Å². The number of alkyl halides is 3. The Bertz CT molecular complexity index is 895. The molecule has 0 radical (unpaired) electrons. The second kappa shape index (κ2) is 12.2. The third-order valence-electron chi connectivity index (χ3n) is 6.86. The van der Waals surface area contributed by atoms with Crippen molar-refractivity contribution >= 4 is 0 Å². The maximum atomic E-state index is 12.2. The minimum atomic E-state index is -4.68. The second-order valence-corrected chi connectivity index (χ2v) is 9.48. The van der Waals surface area contributed by atoms with Crippen molar-refractivity contribution in [2.45, 2.75) is 78.0 Å². The Labute approximate surface area is 196 Å². The number of halogens is 3. The highest BCUT2D eigenvalue weighted by molar-refractivity contribution is 5.44. The first-order valence-electron chi connectivity index (χ1n) is 12.3. The highest BCUT2D eigenvalue weighted by Crippen LogP contribution is 2.36. The van der Waals surface area contributed by atoms with E-state index in [9.17, 15) is 13.2 Å². The minimum absolute atomic E-state index is 0.239. The summed E-state index contributed by atoms with van der Waals surface area (Å²) >= 11 is 0. The van der Waals surface area contributed by atoms with Crippen molar-refractivity contribution in [2.24, 2.45) is 17.8 Å². The first-order chi connectivity index (χ1) is 15.8. The van der Waals surface area contributed by atoms with Gasteiger partial charge in [0.05, 0.1) is 0 Å². The summed E-state index contributed by atoms with van der Waals surface area (Å²) in [7, 11) is 0. The van der Waals surface area contributed by atoms with Crippen LogP contribution in [0.25, 0.3) is 0 Å². The van der Waals surface area contributed by atoms with Gasteiger partial charge >= 0.3 is 6.36 Å². The summed E-state index contributed by atoms with van der Waals surface area (Å²) in [5, 5.41) is 0. The number of hydrogen-bond donors (Lipinski definition) is 0. The van der Waals surface area contributed by atoms with Gasteiger partial charge in [-0.3, -0.25) is 0 Å². The molecule has 1 nitrogen and oxygen atoms in total. The quantitative estimate of drug-likeness (QED) is 0.286. The first-order valence-corrected chi connectivity index (χ1v) is 12.3. The van der Waals surface area contributed by atoms with Crippen LogP contribution in [0.15, 0.2) is 48.5 Å². The van der Waals surface area contributed by atoms with E-state index in [1.807, 2.05) is 12.1 Å². The van der Waals surface area contributed by atoms with E-state index in [0.29, 0.717) is 11.5 Å². The smallest absolute Gasteiger partial charge is 0.406 e. The molecule has 1 saturated carbocycles. The molecule has 1 unspecified atom stereocenters. The zero-order valence-corrected chi connectivity index (χ0v) is 19.8. The molecular weight excluding hydrogens is 421 g/mol. The lowest BCUT2D eigenvalue weighted by atomic mass is 9.73. The summed E-state index contributed by atoms with van der Waals surface area (Å²) in [6.45, 7) is 4.67. The molecule has 0 N–H and O–H groups in total. The molecule has 0 bridgehead atoms. The Morgan fingerprint density at radius 2 is 1.45 bits per heavy atom. The molecule has 0 aromatic heterocycles. The van der Waals surface area contributed by atoms with Crippen LogP contribution in [0.3, 0.4) is 0 Å². The van der Waals surface area contributed by atoms with Crippen LogP contribution < -0.4 is 4.74 Å². The molecule has 3 rings (SSSR count). The third kappa shape index (κ3) is 8.80. The maximum absolute atomic E-state index is 12.2. The summed E-state index contributed by atoms with van der Waals surface area (Å²) in [4.78, 5) is 0. The lowest BCUT2D eigenvalue weighted by Gasteiger charge is -2.32. The molecule has 0 spiro atoms. The lowest BCUT2D eigenvalue weighted by molar-refractivity contribution is -0.274. The summed E-state index contributed by atoms with van der Waals surface area (Å²) in [5.41, 5.74) is 2.88. The van der Waals surface area contributed by atoms with E-state index >= 15 is 0 Å². The molecule has 0 aliphatic heterocycles. The molecule has 0 heterocycles. The van der Waals surface area contributed by atoms with Crippen LogP contribution in [0, 0.1) is 29.6 Å². The van der Waals surface area contributed by atoms with E-state index in [1.165, 1.54) is 81.2 Å². The molecule has 1 atom stereocenters. The van der Waals surface area contributed by atoms with Gasteiger partial charge in [-0.1, -0.05) is 76.3 Å².